The maximum Gasteiger partial charge on any atom is 0.400 e. The zero-order chi connectivity index (χ0) is 13.5. The third-order valence-electron chi connectivity index (χ3n) is 2.62. The Morgan fingerprint density at radius 2 is 1.94 bits per heavy atom. The van der Waals surface area contributed by atoms with Crippen LogP contribution in [-0.2, 0) is 4.79 Å². The Hall–Kier alpha value is -1.30. The molecule has 1 aliphatic rings. The van der Waals surface area contributed by atoms with Crippen LogP contribution >= 0.6 is 25.0 Å². The van der Waals surface area contributed by atoms with E-state index in [0.29, 0.717) is 0 Å². The summed E-state index contributed by atoms with van der Waals surface area (Å²) < 4.78 is 40.0. The van der Waals surface area contributed by atoms with Gasteiger partial charge in [-0.1, -0.05) is 31.0 Å². The van der Waals surface area contributed by atoms with E-state index in [1.807, 2.05) is 5.02 Å². The van der Waals surface area contributed by atoms with Gasteiger partial charge in [-0.3, -0.25) is 9.10 Å². The minimum atomic E-state index is -4.60. The van der Waals surface area contributed by atoms with Crippen molar-refractivity contribution in [3.8, 4) is 0 Å². The molecule has 1 heterocycles. The van der Waals surface area contributed by atoms with E-state index >= 15 is 0 Å². The van der Waals surface area contributed by atoms with Crippen LogP contribution in [0.25, 0.3) is 0 Å². The standard InChI is InChI=1S/C11H6F3NOS2/c12-11(13,14)9-6-3-1-2-4-8(6)15(18)10(16)7(9)5-17/h1-4,9,18H. The molecule has 2 nitrogen and oxygen atoms in total. The van der Waals surface area contributed by atoms with Gasteiger partial charge in [-0.25, -0.2) is 0 Å². The molecule has 0 aromatic heterocycles. The first-order chi connectivity index (χ1) is 8.38. The highest BCUT2D eigenvalue weighted by molar-refractivity contribution is 7.82. The molecule has 0 N–H and O–H groups in total. The minimum absolute atomic E-state index is 0.0491. The number of thiol groups is 1. The summed E-state index contributed by atoms with van der Waals surface area (Å²) >= 11 is 8.30. The van der Waals surface area contributed by atoms with Crippen molar-refractivity contribution in [1.82, 2.24) is 0 Å². The van der Waals surface area contributed by atoms with E-state index in [1.165, 1.54) is 24.3 Å². The summed E-state index contributed by atoms with van der Waals surface area (Å²) in [5.74, 6) is -2.93. The molecule has 0 spiro atoms. The van der Waals surface area contributed by atoms with Gasteiger partial charge in [0.2, 0.25) is 0 Å². The van der Waals surface area contributed by atoms with Crippen LogP contribution in [0.2, 0.25) is 0 Å². The van der Waals surface area contributed by atoms with E-state index in [4.69, 9.17) is 0 Å². The van der Waals surface area contributed by atoms with Crippen molar-refractivity contribution in [1.29, 1.82) is 0 Å². The maximum absolute atomic E-state index is 13.1. The van der Waals surface area contributed by atoms with E-state index in [1.54, 1.807) is 0 Å². The Kier molecular flexibility index (Phi) is 3.23. The van der Waals surface area contributed by atoms with Crippen LogP contribution in [0.4, 0.5) is 18.9 Å². The van der Waals surface area contributed by atoms with Crippen molar-refractivity contribution < 1.29 is 18.0 Å². The number of rotatable bonds is 0. The molecule has 0 saturated carbocycles. The molecule has 0 aliphatic carbocycles. The summed E-state index contributed by atoms with van der Waals surface area (Å²) in [6, 6.07) is 5.71. The molecule has 1 amide bonds. The summed E-state index contributed by atoms with van der Waals surface area (Å²) in [6.45, 7) is 0. The number of benzene rings is 1. The van der Waals surface area contributed by atoms with Gasteiger partial charge >= 0.3 is 6.18 Å². The SMILES string of the molecule is O=C1C(=C=S)C(C(F)(F)F)c2ccccc2N1S. The van der Waals surface area contributed by atoms with Gasteiger partial charge < -0.3 is 0 Å². The van der Waals surface area contributed by atoms with Crippen molar-refractivity contribution in [3.63, 3.8) is 0 Å². The van der Waals surface area contributed by atoms with Crippen LogP contribution in [-0.4, -0.2) is 17.1 Å². The number of thiocarbonyl (C=S) groups is 1. The number of hydrogen-bond donors (Lipinski definition) is 1. The molecule has 7 heteroatoms. The Balaban J connectivity index is 2.74. The summed E-state index contributed by atoms with van der Waals surface area (Å²) in [4.78, 5) is 11.8. The topological polar surface area (TPSA) is 20.3 Å². The lowest BCUT2D eigenvalue weighted by Crippen LogP contribution is -2.38. The average molecular weight is 289 g/mol. The number of halogens is 3. The van der Waals surface area contributed by atoms with E-state index in [9.17, 15) is 18.0 Å². The van der Waals surface area contributed by atoms with Gasteiger partial charge in [0.1, 0.15) is 5.92 Å². The second kappa shape index (κ2) is 4.42. The Morgan fingerprint density at radius 1 is 1.33 bits per heavy atom. The highest BCUT2D eigenvalue weighted by Gasteiger charge is 2.50. The van der Waals surface area contributed by atoms with Crippen LogP contribution in [0.1, 0.15) is 11.5 Å². The molecule has 1 aromatic carbocycles. The van der Waals surface area contributed by atoms with Gasteiger partial charge in [-0.15, -0.1) is 0 Å². The number of hydrogen-bond acceptors (Lipinski definition) is 3. The Bertz CT molecular complexity index is 564. The highest BCUT2D eigenvalue weighted by Crippen LogP contribution is 2.47. The monoisotopic (exact) mass is 289 g/mol. The number of anilines is 1. The fourth-order valence-electron chi connectivity index (χ4n) is 1.87. The molecule has 1 aliphatic heterocycles. The quantitative estimate of drug-likeness (QED) is 0.450. The second-order valence-corrected chi connectivity index (χ2v) is 4.27. The van der Waals surface area contributed by atoms with E-state index in [-0.39, 0.29) is 11.3 Å². The molecule has 0 bridgehead atoms. The summed E-state index contributed by atoms with van der Waals surface area (Å²) in [6.07, 6.45) is -4.60. The molecule has 1 atom stereocenters. The molecule has 94 valence electrons. The number of fused-ring (bicyclic) bond motifs is 1. The van der Waals surface area contributed by atoms with Crippen molar-refractivity contribution in [3.05, 3.63) is 35.4 Å². The Morgan fingerprint density at radius 3 is 2.50 bits per heavy atom. The summed E-state index contributed by atoms with van der Waals surface area (Å²) in [5.41, 5.74) is -0.541. The molecule has 2 rings (SSSR count). The van der Waals surface area contributed by atoms with Crippen LogP contribution in [0, 0.1) is 0 Å². The molecule has 0 saturated heterocycles. The summed E-state index contributed by atoms with van der Waals surface area (Å²) in [7, 11) is 0. The van der Waals surface area contributed by atoms with Crippen molar-refractivity contribution in [2.24, 2.45) is 0 Å². The summed E-state index contributed by atoms with van der Waals surface area (Å²) in [5, 5.41) is 1.92. The number of carbonyl (C=O) groups excluding carboxylic acids is 1. The largest absolute Gasteiger partial charge is 0.400 e. The van der Waals surface area contributed by atoms with Gasteiger partial charge in [-0.05, 0) is 28.9 Å². The van der Waals surface area contributed by atoms with Gasteiger partial charge in [0.25, 0.3) is 5.91 Å². The number of amides is 1. The molecule has 18 heavy (non-hydrogen) atoms. The first kappa shape index (κ1) is 13.1. The number of para-hydroxylation sites is 1. The molecule has 1 unspecified atom stereocenters. The van der Waals surface area contributed by atoms with Gasteiger partial charge in [0, 0.05) is 0 Å². The number of nitrogens with zero attached hydrogens (tertiary/aromatic N) is 1. The van der Waals surface area contributed by atoms with Crippen molar-refractivity contribution in [2.45, 2.75) is 12.1 Å². The first-order valence-corrected chi connectivity index (χ1v) is 5.62. The second-order valence-electron chi connectivity index (χ2n) is 3.67. The molecule has 0 radical (unpaired) electrons. The third-order valence-corrected chi connectivity index (χ3v) is 3.24. The Labute approximate surface area is 112 Å². The molecule has 1 aromatic rings. The van der Waals surface area contributed by atoms with E-state index in [0.717, 1.165) is 4.31 Å². The number of carbonyl (C=O) groups is 1. The lowest BCUT2D eigenvalue weighted by atomic mass is 9.86. The van der Waals surface area contributed by atoms with Gasteiger partial charge in [-0.2, -0.15) is 13.2 Å². The van der Waals surface area contributed by atoms with E-state index < -0.39 is 23.6 Å². The number of alkyl halides is 3. The van der Waals surface area contributed by atoms with Gasteiger partial charge in [0.05, 0.1) is 11.3 Å². The van der Waals surface area contributed by atoms with Crippen molar-refractivity contribution >= 4 is 41.6 Å². The molecular formula is C11H6F3NOS2. The molecular weight excluding hydrogens is 283 g/mol. The van der Waals surface area contributed by atoms with Crippen LogP contribution in [0.15, 0.2) is 29.8 Å². The average Bonchev–Trinajstić information content (AvgIpc) is 2.32. The minimum Gasteiger partial charge on any atom is -0.267 e. The first-order valence-electron chi connectivity index (χ1n) is 4.82. The highest BCUT2D eigenvalue weighted by atomic mass is 32.1. The molecule has 0 fully saturated rings. The predicted molar refractivity (Wildman–Crippen MR) is 67.8 cm³/mol. The predicted octanol–water partition coefficient (Wildman–Crippen LogP) is 3.05. The van der Waals surface area contributed by atoms with Crippen molar-refractivity contribution in [2.75, 3.05) is 4.31 Å². The maximum atomic E-state index is 13.1. The normalized spacial score (nSPS) is 19.6. The zero-order valence-electron chi connectivity index (χ0n) is 8.73. The van der Waals surface area contributed by atoms with Gasteiger partial charge in [0.15, 0.2) is 0 Å². The fourth-order valence-corrected chi connectivity index (χ4v) is 2.36. The lowest BCUT2D eigenvalue weighted by molar-refractivity contribution is -0.146. The lowest BCUT2D eigenvalue weighted by Gasteiger charge is -2.32. The van der Waals surface area contributed by atoms with Crippen LogP contribution < -0.4 is 4.31 Å². The smallest absolute Gasteiger partial charge is 0.267 e. The van der Waals surface area contributed by atoms with E-state index in [2.05, 4.69) is 25.0 Å². The van der Waals surface area contributed by atoms with Crippen LogP contribution in [0.3, 0.4) is 0 Å². The fraction of sp³-hybridized carbons (Fsp3) is 0.182. The zero-order valence-corrected chi connectivity index (χ0v) is 10.4. The van der Waals surface area contributed by atoms with Crippen LogP contribution in [0.5, 0.6) is 0 Å². The third kappa shape index (κ3) is 1.94.